The number of rotatable bonds is 8. The van der Waals surface area contributed by atoms with Crippen LogP contribution in [0.25, 0.3) is 6.08 Å². The van der Waals surface area contributed by atoms with Gasteiger partial charge in [0, 0.05) is 0 Å². The molecule has 5 nitrogen and oxygen atoms in total. The molecule has 4 rings (SSSR count). The average molecular weight is 502 g/mol. The average Bonchev–Trinajstić information content (AvgIpc) is 3.07. The largest absolute Gasteiger partial charge is 0.492 e. The minimum Gasteiger partial charge on any atom is -0.492 e. The van der Waals surface area contributed by atoms with E-state index in [0.717, 1.165) is 16.7 Å². The van der Waals surface area contributed by atoms with E-state index in [0.29, 0.717) is 27.6 Å². The second-order valence-electron chi connectivity index (χ2n) is 7.24. The highest BCUT2D eigenvalue weighted by Crippen LogP contribution is 2.34. The number of carbonyl (C=O) groups is 2. The highest BCUT2D eigenvalue weighted by molar-refractivity contribution is 8.18. The van der Waals surface area contributed by atoms with Crippen molar-refractivity contribution in [2.75, 3.05) is 13.2 Å². The summed E-state index contributed by atoms with van der Waals surface area (Å²) in [4.78, 5) is 26.3. The molecule has 0 radical (unpaired) electrons. The van der Waals surface area contributed by atoms with Gasteiger partial charge in [-0.1, -0.05) is 29.8 Å². The number of imide groups is 1. The van der Waals surface area contributed by atoms with Crippen LogP contribution in [0.5, 0.6) is 11.5 Å². The van der Waals surface area contributed by atoms with E-state index in [1.165, 1.54) is 36.4 Å². The summed E-state index contributed by atoms with van der Waals surface area (Å²) in [5.41, 5.74) is 1.29. The Hall–Kier alpha value is -3.36. The molecule has 174 valence electrons. The fourth-order valence-electron chi connectivity index (χ4n) is 3.14. The predicted molar refractivity (Wildman–Crippen MR) is 127 cm³/mol. The maximum Gasteiger partial charge on any atom is 0.293 e. The molecule has 1 heterocycles. The Morgan fingerprint density at radius 1 is 0.941 bits per heavy atom. The number of ether oxygens (including phenoxy) is 2. The molecule has 0 aliphatic carbocycles. The first kappa shape index (κ1) is 23.8. The van der Waals surface area contributed by atoms with Gasteiger partial charge in [0.1, 0.15) is 36.3 Å². The van der Waals surface area contributed by atoms with Gasteiger partial charge in [-0.15, -0.1) is 0 Å². The van der Waals surface area contributed by atoms with Crippen molar-refractivity contribution < 1.29 is 27.8 Å². The second kappa shape index (κ2) is 10.7. The van der Waals surface area contributed by atoms with E-state index in [1.807, 2.05) is 0 Å². The quantitative estimate of drug-likeness (QED) is 0.338. The summed E-state index contributed by atoms with van der Waals surface area (Å²) in [6, 6.07) is 16.5. The van der Waals surface area contributed by atoms with E-state index in [1.54, 1.807) is 36.4 Å². The molecule has 0 unspecified atom stereocenters. The SMILES string of the molecule is O=C1S/C(=C\c2ccc(OCc3cccc(F)c3)c(Cl)c2)C(=O)N1CCOc1ccc(F)cc1. The van der Waals surface area contributed by atoms with Crippen LogP contribution < -0.4 is 9.47 Å². The van der Waals surface area contributed by atoms with Gasteiger partial charge in [0.2, 0.25) is 0 Å². The fourth-order valence-corrected chi connectivity index (χ4v) is 4.25. The molecule has 1 saturated heterocycles. The molecule has 3 aromatic carbocycles. The predicted octanol–water partition coefficient (Wildman–Crippen LogP) is 6.31. The first-order chi connectivity index (χ1) is 16.4. The molecule has 1 fully saturated rings. The van der Waals surface area contributed by atoms with Crippen molar-refractivity contribution in [3.05, 3.63) is 99.4 Å². The topological polar surface area (TPSA) is 55.8 Å². The van der Waals surface area contributed by atoms with Gasteiger partial charge in [-0.05, 0) is 77.5 Å². The fraction of sp³-hybridized carbons (Fsp3) is 0.120. The van der Waals surface area contributed by atoms with Crippen LogP contribution in [0.2, 0.25) is 5.02 Å². The third-order valence-electron chi connectivity index (χ3n) is 4.81. The van der Waals surface area contributed by atoms with Crippen molar-refractivity contribution in [3.63, 3.8) is 0 Å². The lowest BCUT2D eigenvalue weighted by Crippen LogP contribution is -2.32. The Bertz CT molecular complexity index is 1250. The molecule has 0 saturated carbocycles. The van der Waals surface area contributed by atoms with Gasteiger partial charge in [0.15, 0.2) is 0 Å². The lowest BCUT2D eigenvalue weighted by Gasteiger charge is -2.13. The molecule has 34 heavy (non-hydrogen) atoms. The first-order valence-electron chi connectivity index (χ1n) is 10.2. The summed E-state index contributed by atoms with van der Waals surface area (Å²) in [7, 11) is 0. The standard InChI is InChI=1S/C25H18ClF2NO4S/c26-21-13-16(4-9-22(21)33-15-17-2-1-3-19(28)12-17)14-23-24(30)29(25(31)34-23)10-11-32-20-7-5-18(27)6-8-20/h1-9,12-14H,10-11,15H2/b23-14-. The van der Waals surface area contributed by atoms with E-state index < -0.39 is 11.1 Å². The molecule has 1 aliphatic rings. The van der Waals surface area contributed by atoms with Gasteiger partial charge in [-0.2, -0.15) is 0 Å². The third kappa shape index (κ3) is 5.95. The van der Waals surface area contributed by atoms with Gasteiger partial charge in [0.05, 0.1) is 16.5 Å². The molecule has 0 atom stereocenters. The molecular weight excluding hydrogens is 484 g/mol. The van der Waals surface area contributed by atoms with E-state index in [4.69, 9.17) is 21.1 Å². The molecule has 0 bridgehead atoms. The van der Waals surface area contributed by atoms with Gasteiger partial charge in [0.25, 0.3) is 11.1 Å². The van der Waals surface area contributed by atoms with E-state index in [-0.39, 0.29) is 36.3 Å². The lowest BCUT2D eigenvalue weighted by molar-refractivity contribution is -0.123. The molecular formula is C25H18ClF2NO4S. The van der Waals surface area contributed by atoms with E-state index >= 15 is 0 Å². The van der Waals surface area contributed by atoms with Crippen molar-refractivity contribution in [2.45, 2.75) is 6.61 Å². The Morgan fingerprint density at radius 2 is 1.74 bits per heavy atom. The zero-order valence-corrected chi connectivity index (χ0v) is 19.2. The molecule has 1 aliphatic heterocycles. The molecule has 9 heteroatoms. The minimum absolute atomic E-state index is 0.0625. The number of amides is 2. The summed E-state index contributed by atoms with van der Waals surface area (Å²) in [5.74, 6) is -0.305. The van der Waals surface area contributed by atoms with Gasteiger partial charge < -0.3 is 9.47 Å². The number of thioether (sulfide) groups is 1. The van der Waals surface area contributed by atoms with Crippen LogP contribution in [0, 0.1) is 11.6 Å². The number of hydrogen-bond donors (Lipinski definition) is 0. The summed E-state index contributed by atoms with van der Waals surface area (Å²) >= 11 is 7.13. The Balaban J connectivity index is 1.36. The first-order valence-corrected chi connectivity index (χ1v) is 11.4. The highest BCUT2D eigenvalue weighted by Gasteiger charge is 2.34. The maximum atomic E-state index is 13.3. The van der Waals surface area contributed by atoms with Gasteiger partial charge in [-0.3, -0.25) is 14.5 Å². The van der Waals surface area contributed by atoms with Crippen molar-refractivity contribution >= 4 is 40.6 Å². The van der Waals surface area contributed by atoms with Crippen LogP contribution in [-0.4, -0.2) is 29.2 Å². The Morgan fingerprint density at radius 3 is 2.47 bits per heavy atom. The summed E-state index contributed by atoms with van der Waals surface area (Å²) in [6.07, 6.45) is 1.58. The van der Waals surface area contributed by atoms with Crippen LogP contribution in [0.15, 0.2) is 71.6 Å². The van der Waals surface area contributed by atoms with E-state index in [9.17, 15) is 18.4 Å². The number of nitrogens with zero attached hydrogens (tertiary/aromatic N) is 1. The highest BCUT2D eigenvalue weighted by atomic mass is 35.5. The molecule has 3 aromatic rings. The molecule has 2 amide bonds. The minimum atomic E-state index is -0.430. The zero-order valence-electron chi connectivity index (χ0n) is 17.7. The maximum absolute atomic E-state index is 13.3. The summed E-state index contributed by atoms with van der Waals surface area (Å²) in [5, 5.41) is -0.0859. The van der Waals surface area contributed by atoms with Crippen LogP contribution in [0.3, 0.4) is 0 Å². The normalized spacial score (nSPS) is 14.7. The zero-order chi connectivity index (χ0) is 24.1. The number of carbonyl (C=O) groups excluding carboxylic acids is 2. The van der Waals surface area contributed by atoms with Crippen molar-refractivity contribution in [1.82, 2.24) is 4.90 Å². The van der Waals surface area contributed by atoms with E-state index in [2.05, 4.69) is 0 Å². The summed E-state index contributed by atoms with van der Waals surface area (Å²) < 4.78 is 37.4. The number of benzene rings is 3. The Kier molecular flexibility index (Phi) is 7.49. The number of hydrogen-bond acceptors (Lipinski definition) is 5. The molecule has 0 N–H and O–H groups in total. The monoisotopic (exact) mass is 501 g/mol. The third-order valence-corrected chi connectivity index (χ3v) is 6.01. The van der Waals surface area contributed by atoms with Gasteiger partial charge >= 0.3 is 0 Å². The molecule has 0 aromatic heterocycles. The van der Waals surface area contributed by atoms with Crippen LogP contribution >= 0.6 is 23.4 Å². The number of halogens is 3. The lowest BCUT2D eigenvalue weighted by atomic mass is 10.2. The second-order valence-corrected chi connectivity index (χ2v) is 8.64. The van der Waals surface area contributed by atoms with Crippen LogP contribution in [-0.2, 0) is 11.4 Å². The molecule has 0 spiro atoms. The smallest absolute Gasteiger partial charge is 0.293 e. The van der Waals surface area contributed by atoms with Crippen LogP contribution in [0.4, 0.5) is 13.6 Å². The Labute approximate surface area is 203 Å². The van der Waals surface area contributed by atoms with Crippen molar-refractivity contribution in [1.29, 1.82) is 0 Å². The summed E-state index contributed by atoms with van der Waals surface area (Å²) in [6.45, 7) is 0.294. The van der Waals surface area contributed by atoms with Crippen molar-refractivity contribution in [3.8, 4) is 11.5 Å². The van der Waals surface area contributed by atoms with Crippen molar-refractivity contribution in [2.24, 2.45) is 0 Å². The van der Waals surface area contributed by atoms with Gasteiger partial charge in [-0.25, -0.2) is 8.78 Å². The van der Waals surface area contributed by atoms with Crippen LogP contribution in [0.1, 0.15) is 11.1 Å².